The van der Waals surface area contributed by atoms with Crippen LogP contribution >= 0.6 is 22.9 Å². The molecule has 0 saturated carbocycles. The van der Waals surface area contributed by atoms with Crippen molar-refractivity contribution in [2.45, 2.75) is 13.3 Å². The Hall–Kier alpha value is -1.20. The van der Waals surface area contributed by atoms with Crippen molar-refractivity contribution in [3.05, 3.63) is 29.0 Å². The summed E-state index contributed by atoms with van der Waals surface area (Å²) < 4.78 is 12.9. The molecule has 0 aliphatic heterocycles. The molecule has 0 bridgehead atoms. The fourth-order valence-electron chi connectivity index (χ4n) is 1.30. The molecule has 17 heavy (non-hydrogen) atoms. The number of hydrogen-bond donors (Lipinski definition) is 1. The number of aromatic nitrogens is 2. The molecule has 0 atom stereocenters. The van der Waals surface area contributed by atoms with Gasteiger partial charge in [0, 0.05) is 12.1 Å². The van der Waals surface area contributed by atoms with E-state index in [4.69, 9.17) is 11.6 Å². The minimum absolute atomic E-state index is 0.350. The molecule has 6 heteroatoms. The minimum atomic E-state index is -0.354. The van der Waals surface area contributed by atoms with Gasteiger partial charge in [0.2, 0.25) is 5.13 Å². The standard InChI is InChI=1S/C11H11ClFN3S/c1-2-5-14-11-16-15-10(17-11)8-4-3-7(13)6-9(8)12/h3-4,6H,2,5H2,1H3,(H,14,16). The molecule has 0 aliphatic rings. The van der Waals surface area contributed by atoms with Gasteiger partial charge >= 0.3 is 0 Å². The van der Waals surface area contributed by atoms with Crippen LogP contribution in [-0.4, -0.2) is 16.7 Å². The van der Waals surface area contributed by atoms with Crippen LogP contribution in [0.1, 0.15) is 13.3 Å². The normalized spacial score (nSPS) is 10.5. The van der Waals surface area contributed by atoms with Crippen LogP contribution in [0.2, 0.25) is 5.02 Å². The summed E-state index contributed by atoms with van der Waals surface area (Å²) in [5.74, 6) is -0.354. The lowest BCUT2D eigenvalue weighted by atomic mass is 10.2. The van der Waals surface area contributed by atoms with Crippen molar-refractivity contribution in [1.29, 1.82) is 0 Å². The smallest absolute Gasteiger partial charge is 0.206 e. The molecular formula is C11H11ClFN3S. The van der Waals surface area contributed by atoms with Crippen molar-refractivity contribution >= 4 is 28.1 Å². The lowest BCUT2D eigenvalue weighted by Crippen LogP contribution is -1.98. The highest BCUT2D eigenvalue weighted by atomic mass is 35.5. The van der Waals surface area contributed by atoms with Crippen molar-refractivity contribution < 1.29 is 4.39 Å². The van der Waals surface area contributed by atoms with Crippen LogP contribution < -0.4 is 5.32 Å². The SMILES string of the molecule is CCCNc1nnc(-c2ccc(F)cc2Cl)s1. The second kappa shape index (κ2) is 5.42. The third kappa shape index (κ3) is 2.92. The van der Waals surface area contributed by atoms with Crippen molar-refractivity contribution in [3.8, 4) is 10.6 Å². The number of benzene rings is 1. The highest BCUT2D eigenvalue weighted by Crippen LogP contribution is 2.32. The van der Waals surface area contributed by atoms with Crippen LogP contribution in [0.15, 0.2) is 18.2 Å². The molecule has 0 aliphatic carbocycles. The highest BCUT2D eigenvalue weighted by Gasteiger charge is 2.10. The highest BCUT2D eigenvalue weighted by molar-refractivity contribution is 7.18. The monoisotopic (exact) mass is 271 g/mol. The lowest BCUT2D eigenvalue weighted by molar-refractivity contribution is 0.628. The van der Waals surface area contributed by atoms with E-state index < -0.39 is 0 Å². The van der Waals surface area contributed by atoms with Gasteiger partial charge in [-0.1, -0.05) is 29.9 Å². The predicted octanol–water partition coefficient (Wildman–Crippen LogP) is 3.82. The van der Waals surface area contributed by atoms with E-state index in [9.17, 15) is 4.39 Å². The summed E-state index contributed by atoms with van der Waals surface area (Å²) in [7, 11) is 0. The van der Waals surface area contributed by atoms with Gasteiger partial charge in [0.05, 0.1) is 5.02 Å². The zero-order valence-electron chi connectivity index (χ0n) is 9.20. The van der Waals surface area contributed by atoms with Crippen LogP contribution in [0.5, 0.6) is 0 Å². The lowest BCUT2D eigenvalue weighted by Gasteiger charge is -1.99. The number of rotatable bonds is 4. The van der Waals surface area contributed by atoms with Crippen LogP contribution in [0, 0.1) is 5.82 Å². The fourth-order valence-corrected chi connectivity index (χ4v) is 2.42. The first-order valence-electron chi connectivity index (χ1n) is 5.23. The molecule has 0 fully saturated rings. The first-order valence-corrected chi connectivity index (χ1v) is 6.43. The Morgan fingerprint density at radius 1 is 1.41 bits per heavy atom. The largest absolute Gasteiger partial charge is 0.360 e. The number of nitrogens with zero attached hydrogens (tertiary/aromatic N) is 2. The summed E-state index contributed by atoms with van der Waals surface area (Å²) in [5.41, 5.74) is 0.704. The molecule has 2 rings (SSSR count). The molecular weight excluding hydrogens is 261 g/mol. The van der Waals surface area contributed by atoms with E-state index in [0.717, 1.165) is 18.1 Å². The van der Waals surface area contributed by atoms with Gasteiger partial charge < -0.3 is 5.32 Å². The number of halogens is 2. The summed E-state index contributed by atoms with van der Waals surface area (Å²) in [6.07, 6.45) is 1.02. The third-order valence-electron chi connectivity index (χ3n) is 2.11. The molecule has 1 heterocycles. The maximum absolute atomic E-state index is 12.9. The van der Waals surface area contributed by atoms with Gasteiger partial charge in [-0.2, -0.15) is 0 Å². The molecule has 2 aromatic rings. The van der Waals surface area contributed by atoms with Gasteiger partial charge in [-0.25, -0.2) is 4.39 Å². The quantitative estimate of drug-likeness (QED) is 0.919. The van der Waals surface area contributed by atoms with Gasteiger partial charge in [0.1, 0.15) is 5.82 Å². The zero-order chi connectivity index (χ0) is 12.3. The Kier molecular flexibility index (Phi) is 3.91. The maximum Gasteiger partial charge on any atom is 0.206 e. The van der Waals surface area contributed by atoms with Gasteiger partial charge in [-0.05, 0) is 24.6 Å². The number of nitrogens with one attached hydrogen (secondary N) is 1. The Morgan fingerprint density at radius 3 is 2.94 bits per heavy atom. The van der Waals surface area contributed by atoms with Crippen LogP contribution in [0.3, 0.4) is 0 Å². The van der Waals surface area contributed by atoms with Crippen molar-refractivity contribution in [3.63, 3.8) is 0 Å². The number of anilines is 1. The van der Waals surface area contributed by atoms with Gasteiger partial charge in [0.25, 0.3) is 0 Å². The Morgan fingerprint density at radius 2 is 2.24 bits per heavy atom. The van der Waals surface area contributed by atoms with Crippen molar-refractivity contribution in [1.82, 2.24) is 10.2 Å². The van der Waals surface area contributed by atoms with E-state index in [0.29, 0.717) is 15.6 Å². The Labute approximate surface area is 108 Å². The summed E-state index contributed by atoms with van der Waals surface area (Å²) >= 11 is 7.36. The zero-order valence-corrected chi connectivity index (χ0v) is 10.8. The van der Waals surface area contributed by atoms with E-state index in [-0.39, 0.29) is 5.82 Å². The van der Waals surface area contributed by atoms with Crippen molar-refractivity contribution in [2.75, 3.05) is 11.9 Å². The molecule has 0 amide bonds. The molecule has 1 aromatic carbocycles. The average Bonchev–Trinajstić information content (AvgIpc) is 2.75. The van der Waals surface area contributed by atoms with Crippen LogP contribution in [0.25, 0.3) is 10.6 Å². The second-order valence-corrected chi connectivity index (χ2v) is 4.85. The molecule has 90 valence electrons. The van der Waals surface area contributed by atoms with Gasteiger partial charge in [-0.3, -0.25) is 0 Å². The first-order chi connectivity index (χ1) is 8.20. The molecule has 0 spiro atoms. The van der Waals surface area contributed by atoms with Crippen LogP contribution in [0.4, 0.5) is 9.52 Å². The van der Waals surface area contributed by atoms with Gasteiger partial charge in [-0.15, -0.1) is 10.2 Å². The van der Waals surface area contributed by atoms with E-state index in [1.165, 1.54) is 23.5 Å². The predicted molar refractivity (Wildman–Crippen MR) is 69.1 cm³/mol. The van der Waals surface area contributed by atoms with E-state index in [1.807, 2.05) is 0 Å². The van der Waals surface area contributed by atoms with Crippen LogP contribution in [-0.2, 0) is 0 Å². The Bertz CT molecular complexity index is 515. The maximum atomic E-state index is 12.9. The Balaban J connectivity index is 2.24. The summed E-state index contributed by atoms with van der Waals surface area (Å²) in [4.78, 5) is 0. The van der Waals surface area contributed by atoms with Gasteiger partial charge in [0.15, 0.2) is 5.01 Å². The minimum Gasteiger partial charge on any atom is -0.360 e. The topological polar surface area (TPSA) is 37.8 Å². The molecule has 0 unspecified atom stereocenters. The third-order valence-corrected chi connectivity index (χ3v) is 3.34. The molecule has 1 aromatic heterocycles. The number of hydrogen-bond acceptors (Lipinski definition) is 4. The molecule has 0 saturated heterocycles. The fraction of sp³-hybridized carbons (Fsp3) is 0.273. The average molecular weight is 272 g/mol. The molecule has 1 N–H and O–H groups in total. The first kappa shape index (κ1) is 12.3. The second-order valence-electron chi connectivity index (χ2n) is 3.46. The van der Waals surface area contributed by atoms with Crippen molar-refractivity contribution in [2.24, 2.45) is 0 Å². The summed E-state index contributed by atoms with van der Waals surface area (Å²) in [5, 5.41) is 13.0. The summed E-state index contributed by atoms with van der Waals surface area (Å²) in [6, 6.07) is 4.25. The molecule has 3 nitrogen and oxygen atoms in total. The molecule has 0 radical (unpaired) electrons. The van der Waals surface area contributed by atoms with E-state index >= 15 is 0 Å². The summed E-state index contributed by atoms with van der Waals surface area (Å²) in [6.45, 7) is 2.93. The van der Waals surface area contributed by atoms with E-state index in [1.54, 1.807) is 6.07 Å². The van der Waals surface area contributed by atoms with E-state index in [2.05, 4.69) is 22.4 Å².